The fraction of sp³-hybridized carbons (Fsp3) is 0.324. The van der Waals surface area contributed by atoms with Crippen molar-refractivity contribution < 1.29 is 34.7 Å². The Balaban J connectivity index is 1.27. The van der Waals surface area contributed by atoms with Crippen LogP contribution in [0, 0.1) is 18.8 Å². The fourth-order valence-corrected chi connectivity index (χ4v) is 7.40. The molecule has 7 nitrogen and oxygen atoms in total. The van der Waals surface area contributed by atoms with Crippen LogP contribution in [0.25, 0.3) is 21.2 Å². The van der Waals surface area contributed by atoms with Crippen molar-refractivity contribution in [2.45, 2.75) is 56.4 Å². The number of hydrogen-bond acceptors (Lipinski definition) is 8. The molecule has 0 amide bonds. The van der Waals surface area contributed by atoms with Gasteiger partial charge in [0.25, 0.3) is 0 Å². The summed E-state index contributed by atoms with van der Waals surface area (Å²) in [5.74, 6) is 6.30. The van der Waals surface area contributed by atoms with Crippen molar-refractivity contribution in [3.05, 3.63) is 82.7 Å². The minimum atomic E-state index is -1.94. The Morgan fingerprint density at radius 3 is 2.47 bits per heavy atom. The number of thiophene rings is 1. The maximum Gasteiger partial charge on any atom is 0.304 e. The third-order valence-corrected chi connectivity index (χ3v) is 9.46. The molecule has 43 heavy (non-hydrogen) atoms. The highest BCUT2D eigenvalue weighted by Crippen LogP contribution is 2.40. The molecule has 4 N–H and O–H groups in total. The van der Waals surface area contributed by atoms with Crippen molar-refractivity contribution in [2.75, 3.05) is 12.4 Å². The molecule has 1 aliphatic heterocycles. The first-order valence-corrected chi connectivity index (χ1v) is 15.8. The summed E-state index contributed by atoms with van der Waals surface area (Å²) in [6.07, 6.45) is 0.219. The standard InChI is InChI=1S/C34H34O7S2/c1-3-4-25(17-32(35)36)24-6-8-26(9-7-24)40-18-23-5-12-31-29(16-23)30(19-42-31)28-11-10-27(15-22(28)2)41-21-33(37)13-14-43-34(38,39)20-33/h5-12,15-16,19,25,37-39H,13-14,17-18,20-21H2,1-2H3,(H,35,36). The van der Waals surface area contributed by atoms with Gasteiger partial charge in [-0.05, 0) is 84.3 Å². The van der Waals surface area contributed by atoms with Gasteiger partial charge in [0.15, 0.2) is 0 Å². The summed E-state index contributed by atoms with van der Waals surface area (Å²) in [4.78, 5) is 11.2. The van der Waals surface area contributed by atoms with E-state index in [4.69, 9.17) is 9.47 Å². The third-order valence-electron chi connectivity index (χ3n) is 7.48. The number of aryl methyl sites for hydroxylation is 1. The summed E-state index contributed by atoms with van der Waals surface area (Å²) in [5, 5.41) is 41.2. The molecule has 2 atom stereocenters. The number of fused-ring (bicyclic) bond motifs is 1. The lowest BCUT2D eigenvalue weighted by atomic mass is 9.96. The molecule has 0 spiro atoms. The van der Waals surface area contributed by atoms with Gasteiger partial charge in [-0.3, -0.25) is 4.79 Å². The van der Waals surface area contributed by atoms with Gasteiger partial charge in [-0.1, -0.05) is 41.9 Å². The molecule has 1 saturated heterocycles. The third kappa shape index (κ3) is 7.71. The zero-order chi connectivity index (χ0) is 30.6. The Morgan fingerprint density at radius 2 is 1.77 bits per heavy atom. The van der Waals surface area contributed by atoms with Crippen LogP contribution in [0.1, 0.15) is 48.8 Å². The summed E-state index contributed by atoms with van der Waals surface area (Å²) in [7, 11) is 0. The predicted molar refractivity (Wildman–Crippen MR) is 171 cm³/mol. The molecule has 1 fully saturated rings. The number of ether oxygens (including phenoxy) is 2. The molecule has 1 aliphatic rings. The highest BCUT2D eigenvalue weighted by Gasteiger charge is 2.43. The number of carbonyl (C=O) groups is 1. The molecule has 224 valence electrons. The van der Waals surface area contributed by atoms with E-state index in [1.54, 1.807) is 18.3 Å². The minimum Gasteiger partial charge on any atom is -0.491 e. The topological polar surface area (TPSA) is 116 Å². The molecule has 1 aromatic heterocycles. The van der Waals surface area contributed by atoms with Crippen LogP contribution >= 0.6 is 23.1 Å². The van der Waals surface area contributed by atoms with Crippen molar-refractivity contribution in [2.24, 2.45) is 0 Å². The van der Waals surface area contributed by atoms with Crippen LogP contribution in [-0.4, -0.2) is 49.5 Å². The molecule has 3 aromatic carbocycles. The number of benzene rings is 3. The van der Waals surface area contributed by atoms with Crippen LogP contribution in [-0.2, 0) is 11.4 Å². The van der Waals surface area contributed by atoms with E-state index < -0.39 is 16.7 Å². The minimum absolute atomic E-state index is 0.0154. The zero-order valence-electron chi connectivity index (χ0n) is 24.0. The number of aliphatic carboxylic acids is 1. The monoisotopic (exact) mass is 618 g/mol. The van der Waals surface area contributed by atoms with E-state index in [-0.39, 0.29) is 25.4 Å². The molecular formula is C34H34O7S2. The Hall–Kier alpha value is -3.52. The van der Waals surface area contributed by atoms with Crippen LogP contribution in [0.3, 0.4) is 0 Å². The molecule has 0 saturated carbocycles. The molecule has 2 heterocycles. The molecule has 2 unspecified atom stereocenters. The first-order valence-electron chi connectivity index (χ1n) is 14.0. The number of carboxylic acid groups (broad SMARTS) is 1. The second kappa shape index (κ2) is 13.0. The van der Waals surface area contributed by atoms with Crippen molar-refractivity contribution in [3.63, 3.8) is 0 Å². The van der Waals surface area contributed by atoms with Crippen molar-refractivity contribution in [1.82, 2.24) is 0 Å². The summed E-state index contributed by atoms with van der Waals surface area (Å²) in [5.41, 5.74) is 3.80. The van der Waals surface area contributed by atoms with E-state index >= 15 is 0 Å². The average Bonchev–Trinajstić information content (AvgIpc) is 3.37. The molecule has 0 radical (unpaired) electrons. The zero-order valence-corrected chi connectivity index (χ0v) is 25.6. The van der Waals surface area contributed by atoms with Crippen LogP contribution in [0.15, 0.2) is 66.0 Å². The quantitative estimate of drug-likeness (QED) is 0.121. The normalized spacial score (nSPS) is 18.4. The largest absolute Gasteiger partial charge is 0.491 e. The van der Waals surface area contributed by atoms with Gasteiger partial charge in [-0.25, -0.2) is 0 Å². The SMILES string of the molecule is CC#CC(CC(=O)O)c1ccc(OCc2ccc3scc(-c4ccc(OCC5(O)CCSC(O)(O)C5)cc4C)c3c2)cc1. The highest BCUT2D eigenvalue weighted by atomic mass is 32.2. The maximum atomic E-state index is 11.2. The summed E-state index contributed by atoms with van der Waals surface area (Å²) >= 11 is 2.70. The van der Waals surface area contributed by atoms with Crippen LogP contribution in [0.4, 0.5) is 0 Å². The first kappa shape index (κ1) is 30.9. The molecular weight excluding hydrogens is 585 g/mol. The Bertz CT molecular complexity index is 1670. The van der Waals surface area contributed by atoms with E-state index in [9.17, 15) is 25.2 Å². The van der Waals surface area contributed by atoms with Gasteiger partial charge in [0.1, 0.15) is 30.3 Å². The van der Waals surface area contributed by atoms with E-state index in [0.29, 0.717) is 30.3 Å². The van der Waals surface area contributed by atoms with Gasteiger partial charge in [0.05, 0.1) is 12.3 Å². The lowest BCUT2D eigenvalue weighted by molar-refractivity contribution is -0.145. The van der Waals surface area contributed by atoms with E-state index in [1.807, 2.05) is 49.4 Å². The molecule has 0 bridgehead atoms. The number of rotatable bonds is 10. The fourth-order valence-electron chi connectivity index (χ4n) is 5.28. The molecule has 4 aromatic rings. The van der Waals surface area contributed by atoms with Crippen molar-refractivity contribution >= 4 is 39.2 Å². The van der Waals surface area contributed by atoms with Crippen LogP contribution in [0.2, 0.25) is 0 Å². The van der Waals surface area contributed by atoms with Gasteiger partial charge in [0.2, 0.25) is 5.12 Å². The Morgan fingerprint density at radius 1 is 1.00 bits per heavy atom. The number of thioether (sulfide) groups is 1. The first-order chi connectivity index (χ1) is 20.5. The Kier molecular flexibility index (Phi) is 9.35. The number of hydrogen-bond donors (Lipinski definition) is 4. The lowest BCUT2D eigenvalue weighted by Crippen LogP contribution is -2.47. The summed E-state index contributed by atoms with van der Waals surface area (Å²) in [6, 6.07) is 19.6. The van der Waals surface area contributed by atoms with E-state index in [2.05, 4.69) is 35.4 Å². The van der Waals surface area contributed by atoms with Gasteiger partial charge in [-0.2, -0.15) is 0 Å². The van der Waals surface area contributed by atoms with Gasteiger partial charge < -0.3 is 29.9 Å². The van der Waals surface area contributed by atoms with Crippen molar-refractivity contribution in [3.8, 4) is 34.5 Å². The second-order valence-electron chi connectivity index (χ2n) is 10.9. The van der Waals surface area contributed by atoms with Crippen molar-refractivity contribution in [1.29, 1.82) is 0 Å². The Labute approximate surface area is 259 Å². The van der Waals surface area contributed by atoms with Gasteiger partial charge in [-0.15, -0.1) is 17.3 Å². The molecule has 5 rings (SSSR count). The lowest BCUT2D eigenvalue weighted by Gasteiger charge is -2.38. The summed E-state index contributed by atoms with van der Waals surface area (Å²) in [6.45, 7) is 4.09. The number of aliphatic hydroxyl groups is 3. The summed E-state index contributed by atoms with van der Waals surface area (Å²) < 4.78 is 13.1. The number of carboxylic acids is 1. The van der Waals surface area contributed by atoms with Gasteiger partial charge in [0, 0.05) is 27.8 Å². The van der Waals surface area contributed by atoms with E-state index in [1.165, 1.54) is 4.70 Å². The molecule has 0 aliphatic carbocycles. The molecule has 9 heteroatoms. The average molecular weight is 619 g/mol. The van der Waals surface area contributed by atoms with Crippen LogP contribution < -0.4 is 9.47 Å². The maximum absolute atomic E-state index is 11.2. The van der Waals surface area contributed by atoms with Gasteiger partial charge >= 0.3 is 5.97 Å². The highest BCUT2D eigenvalue weighted by molar-refractivity contribution is 8.00. The second-order valence-corrected chi connectivity index (χ2v) is 13.2. The predicted octanol–water partition coefficient (Wildman–Crippen LogP) is 6.31. The van der Waals surface area contributed by atoms with Crippen LogP contribution in [0.5, 0.6) is 11.5 Å². The smallest absolute Gasteiger partial charge is 0.304 e. The van der Waals surface area contributed by atoms with E-state index in [0.717, 1.165) is 45.0 Å².